The van der Waals surface area contributed by atoms with E-state index >= 15 is 0 Å². The number of carbonyl (C=O) groups excluding carboxylic acids is 1. The summed E-state index contributed by atoms with van der Waals surface area (Å²) < 4.78 is 5.10. The van der Waals surface area contributed by atoms with Gasteiger partial charge in [-0.2, -0.15) is 0 Å². The number of carbonyl (C=O) groups is 1. The predicted molar refractivity (Wildman–Crippen MR) is 66.6 cm³/mol. The molecule has 19 heavy (non-hydrogen) atoms. The molecule has 2 rings (SSSR count). The second-order valence-corrected chi connectivity index (χ2v) is 4.38. The number of nitrogens with one attached hydrogen (secondary N) is 1. The highest BCUT2D eigenvalue weighted by Crippen LogP contribution is 2.24. The van der Waals surface area contributed by atoms with Gasteiger partial charge in [-0.1, -0.05) is 0 Å². The Balaban J connectivity index is 2.10. The third-order valence-electron chi connectivity index (χ3n) is 3.11. The van der Waals surface area contributed by atoms with Crippen LogP contribution in [0, 0.1) is 10.1 Å². The number of hydrogen-bond donors (Lipinski definition) is 2. The summed E-state index contributed by atoms with van der Waals surface area (Å²) >= 11 is 0. The average Bonchev–Trinajstić information content (AvgIpc) is 2.32. The fourth-order valence-electron chi connectivity index (χ4n) is 1.93. The second kappa shape index (κ2) is 5.19. The summed E-state index contributed by atoms with van der Waals surface area (Å²) in [6, 6.07) is 1.19. The van der Waals surface area contributed by atoms with E-state index in [1.165, 1.54) is 6.07 Å². The van der Waals surface area contributed by atoms with E-state index in [-0.39, 0.29) is 29.2 Å². The van der Waals surface area contributed by atoms with Crippen LogP contribution in [0.1, 0.15) is 23.2 Å². The summed E-state index contributed by atoms with van der Waals surface area (Å²) in [7, 11) is 1.61. The van der Waals surface area contributed by atoms with E-state index in [4.69, 9.17) is 10.5 Å². The van der Waals surface area contributed by atoms with Gasteiger partial charge in [-0.15, -0.1) is 0 Å². The van der Waals surface area contributed by atoms with Gasteiger partial charge in [0.15, 0.2) is 0 Å². The highest BCUT2D eigenvalue weighted by atomic mass is 16.6. The van der Waals surface area contributed by atoms with Gasteiger partial charge in [0, 0.05) is 13.2 Å². The molecular weight excluding hydrogens is 252 g/mol. The number of ether oxygens (including phenoxy) is 1. The third kappa shape index (κ3) is 2.79. The zero-order chi connectivity index (χ0) is 14.0. The van der Waals surface area contributed by atoms with Gasteiger partial charge >= 0.3 is 0 Å². The van der Waals surface area contributed by atoms with Crippen LogP contribution in [0.25, 0.3) is 0 Å². The van der Waals surface area contributed by atoms with E-state index in [0.717, 1.165) is 6.20 Å². The van der Waals surface area contributed by atoms with Crippen LogP contribution in [-0.4, -0.2) is 35.1 Å². The maximum absolute atomic E-state index is 12.0. The molecule has 8 heteroatoms. The minimum absolute atomic E-state index is 0.0218. The topological polar surface area (TPSA) is 120 Å². The molecule has 0 aliphatic heterocycles. The number of nitro groups is 1. The van der Waals surface area contributed by atoms with Crippen molar-refractivity contribution < 1.29 is 14.5 Å². The molecule has 3 N–H and O–H groups in total. The van der Waals surface area contributed by atoms with Crippen molar-refractivity contribution in [3.63, 3.8) is 0 Å². The fourth-order valence-corrected chi connectivity index (χ4v) is 1.93. The zero-order valence-electron chi connectivity index (χ0n) is 10.3. The van der Waals surface area contributed by atoms with Gasteiger partial charge < -0.3 is 15.8 Å². The molecule has 1 fully saturated rings. The monoisotopic (exact) mass is 266 g/mol. The molecule has 0 saturated heterocycles. The quantitative estimate of drug-likeness (QED) is 0.604. The van der Waals surface area contributed by atoms with Gasteiger partial charge in [-0.25, -0.2) is 4.98 Å². The largest absolute Gasteiger partial charge is 0.384 e. The maximum atomic E-state index is 12.0. The molecule has 1 aromatic heterocycles. The first-order valence-electron chi connectivity index (χ1n) is 5.75. The Morgan fingerprint density at radius 3 is 2.89 bits per heavy atom. The minimum atomic E-state index is -0.653. The summed E-state index contributed by atoms with van der Waals surface area (Å²) in [6.07, 6.45) is 2.54. The number of nitrogens with two attached hydrogens (primary N) is 1. The van der Waals surface area contributed by atoms with Gasteiger partial charge in [0.05, 0.1) is 11.0 Å². The first kappa shape index (κ1) is 13.2. The number of hydrogen-bond acceptors (Lipinski definition) is 6. The number of rotatable bonds is 4. The van der Waals surface area contributed by atoms with Crippen LogP contribution in [-0.2, 0) is 4.74 Å². The summed E-state index contributed by atoms with van der Waals surface area (Å²) in [6.45, 7) is 0. The molecule has 1 heterocycles. The molecule has 1 aromatic rings. The zero-order valence-corrected chi connectivity index (χ0v) is 10.3. The smallest absolute Gasteiger partial charge is 0.300 e. The predicted octanol–water partition coefficient (Wildman–Crippen LogP) is 0.479. The molecular formula is C11H14N4O4. The normalized spacial score (nSPS) is 21.5. The molecule has 1 amide bonds. The summed E-state index contributed by atoms with van der Waals surface area (Å²) in [5, 5.41) is 13.5. The molecule has 0 radical (unpaired) electrons. The number of methoxy groups -OCH3 is 1. The van der Waals surface area contributed by atoms with Crippen molar-refractivity contribution in [2.24, 2.45) is 0 Å². The van der Waals surface area contributed by atoms with Crippen LogP contribution in [0.15, 0.2) is 12.3 Å². The Morgan fingerprint density at radius 1 is 1.63 bits per heavy atom. The lowest BCUT2D eigenvalue weighted by Gasteiger charge is -2.34. The van der Waals surface area contributed by atoms with Crippen LogP contribution in [0.4, 0.5) is 11.5 Å². The Labute approximate surface area is 109 Å². The van der Waals surface area contributed by atoms with E-state index in [2.05, 4.69) is 10.3 Å². The lowest BCUT2D eigenvalue weighted by molar-refractivity contribution is -0.385. The SMILES string of the molecule is COC1CC(NC(=O)c2cc(N)ncc2[N+](=O)[O-])C1. The van der Waals surface area contributed by atoms with Crippen molar-refractivity contribution in [1.29, 1.82) is 0 Å². The molecule has 0 spiro atoms. The van der Waals surface area contributed by atoms with E-state index in [0.29, 0.717) is 12.8 Å². The van der Waals surface area contributed by atoms with Gasteiger partial charge in [0.2, 0.25) is 0 Å². The van der Waals surface area contributed by atoms with Crippen molar-refractivity contribution in [3.05, 3.63) is 27.9 Å². The van der Waals surface area contributed by atoms with Crippen molar-refractivity contribution >= 4 is 17.4 Å². The molecule has 0 unspecified atom stereocenters. The number of nitrogens with zero attached hydrogens (tertiary/aromatic N) is 2. The fraction of sp³-hybridized carbons (Fsp3) is 0.455. The van der Waals surface area contributed by atoms with Gasteiger partial charge in [0.25, 0.3) is 11.6 Å². The molecule has 1 aliphatic rings. The number of amides is 1. The Hall–Kier alpha value is -2.22. The number of nitrogen functional groups attached to an aromatic ring is 1. The standard InChI is InChI=1S/C11H14N4O4/c1-19-7-2-6(3-7)14-11(16)8-4-10(12)13-5-9(8)15(17)18/h4-7H,2-3H2,1H3,(H2,12,13)(H,14,16). The molecule has 0 bridgehead atoms. The second-order valence-electron chi connectivity index (χ2n) is 4.38. The number of aromatic nitrogens is 1. The van der Waals surface area contributed by atoms with Crippen molar-refractivity contribution in [2.75, 3.05) is 12.8 Å². The molecule has 1 saturated carbocycles. The van der Waals surface area contributed by atoms with Crippen molar-refractivity contribution in [1.82, 2.24) is 10.3 Å². The van der Waals surface area contributed by atoms with Crippen LogP contribution >= 0.6 is 0 Å². The highest BCUT2D eigenvalue weighted by Gasteiger charge is 2.32. The Kier molecular flexibility index (Phi) is 3.61. The molecule has 8 nitrogen and oxygen atoms in total. The number of pyridine rings is 1. The van der Waals surface area contributed by atoms with Crippen LogP contribution in [0.5, 0.6) is 0 Å². The Morgan fingerprint density at radius 2 is 2.32 bits per heavy atom. The maximum Gasteiger partial charge on any atom is 0.300 e. The van der Waals surface area contributed by atoms with Crippen LogP contribution < -0.4 is 11.1 Å². The third-order valence-corrected chi connectivity index (χ3v) is 3.11. The summed E-state index contributed by atoms with van der Waals surface area (Å²) in [5.74, 6) is -0.445. The summed E-state index contributed by atoms with van der Waals surface area (Å²) in [4.78, 5) is 25.8. The first-order chi connectivity index (χ1) is 9.01. The minimum Gasteiger partial charge on any atom is -0.384 e. The van der Waals surface area contributed by atoms with E-state index in [9.17, 15) is 14.9 Å². The van der Waals surface area contributed by atoms with Crippen molar-refractivity contribution in [3.8, 4) is 0 Å². The molecule has 0 aromatic carbocycles. The lowest BCUT2D eigenvalue weighted by Crippen LogP contribution is -2.47. The number of anilines is 1. The average molecular weight is 266 g/mol. The van der Waals surface area contributed by atoms with Gasteiger partial charge in [-0.05, 0) is 18.9 Å². The van der Waals surface area contributed by atoms with E-state index in [1.54, 1.807) is 7.11 Å². The van der Waals surface area contributed by atoms with Gasteiger partial charge in [0.1, 0.15) is 17.6 Å². The van der Waals surface area contributed by atoms with Crippen LogP contribution in [0.3, 0.4) is 0 Å². The summed E-state index contributed by atoms with van der Waals surface area (Å²) in [5.41, 5.74) is 5.03. The molecule has 0 atom stereocenters. The van der Waals surface area contributed by atoms with Gasteiger partial charge in [-0.3, -0.25) is 14.9 Å². The van der Waals surface area contributed by atoms with Crippen LogP contribution in [0.2, 0.25) is 0 Å². The lowest BCUT2D eigenvalue weighted by atomic mass is 9.89. The van der Waals surface area contributed by atoms with E-state index in [1.807, 2.05) is 0 Å². The molecule has 1 aliphatic carbocycles. The first-order valence-corrected chi connectivity index (χ1v) is 5.75. The highest BCUT2D eigenvalue weighted by molar-refractivity contribution is 5.98. The molecule has 102 valence electrons. The van der Waals surface area contributed by atoms with E-state index < -0.39 is 10.8 Å². The van der Waals surface area contributed by atoms with Crippen molar-refractivity contribution in [2.45, 2.75) is 25.0 Å². The Bertz CT molecular complexity index is 513.